The molecule has 4 heteroatoms. The highest BCUT2D eigenvalue weighted by molar-refractivity contribution is 7.20. The van der Waals surface area contributed by atoms with E-state index in [1.165, 1.54) is 43.0 Å². The maximum absolute atomic E-state index is 4.81. The molecule has 126 valence electrons. The largest absolute Gasteiger partial charge is 0.287 e. The number of rotatable bonds is 2. The lowest BCUT2D eigenvalue weighted by atomic mass is 9.97. The van der Waals surface area contributed by atoms with Crippen LogP contribution in [0.3, 0.4) is 0 Å². The molecule has 0 radical (unpaired) electrons. The second-order valence-corrected chi connectivity index (χ2v) is 13.7. The first-order valence-electron chi connectivity index (χ1n) is 8.63. The standard InChI is InChI=1S/C21H23N2SSi/c1-14-10-11-15-8-6-7-9-16(15)18(14)20-21-19(22-13-23(20)2)17(12-24-21)25(3,4)5/h6-13H,1-5H3/q+1. The van der Waals surface area contributed by atoms with E-state index in [9.17, 15) is 0 Å². The Kier molecular flexibility index (Phi) is 3.78. The van der Waals surface area contributed by atoms with Crippen molar-refractivity contribution in [3.63, 3.8) is 0 Å². The maximum atomic E-state index is 4.81. The first kappa shape index (κ1) is 16.4. The minimum atomic E-state index is -1.42. The van der Waals surface area contributed by atoms with Crippen LogP contribution in [0.5, 0.6) is 0 Å². The van der Waals surface area contributed by atoms with Gasteiger partial charge in [-0.1, -0.05) is 56.0 Å². The number of hydrogen-bond donors (Lipinski definition) is 0. The molecule has 0 bridgehead atoms. The molecule has 0 aliphatic carbocycles. The summed E-state index contributed by atoms with van der Waals surface area (Å²) < 4.78 is 3.49. The summed E-state index contributed by atoms with van der Waals surface area (Å²) in [6.45, 7) is 9.39. The molecular formula is C21H23N2SSi+. The van der Waals surface area contributed by atoms with E-state index in [4.69, 9.17) is 4.98 Å². The number of thiophene rings is 1. The number of aromatic nitrogens is 2. The fourth-order valence-corrected chi connectivity index (χ4v) is 7.09. The molecule has 0 amide bonds. The average molecular weight is 364 g/mol. The van der Waals surface area contributed by atoms with E-state index in [1.54, 1.807) is 0 Å². The Morgan fingerprint density at radius 1 is 1.04 bits per heavy atom. The van der Waals surface area contributed by atoms with Crippen molar-refractivity contribution in [3.05, 3.63) is 53.7 Å². The van der Waals surface area contributed by atoms with Crippen LogP contribution in [-0.4, -0.2) is 13.1 Å². The highest BCUT2D eigenvalue weighted by Crippen LogP contribution is 2.35. The molecule has 2 nitrogen and oxygen atoms in total. The van der Waals surface area contributed by atoms with Crippen LogP contribution in [0.25, 0.3) is 32.2 Å². The second kappa shape index (κ2) is 5.75. The van der Waals surface area contributed by atoms with Crippen LogP contribution in [0.2, 0.25) is 19.6 Å². The molecule has 0 fully saturated rings. The van der Waals surface area contributed by atoms with Gasteiger partial charge in [-0.15, -0.1) is 11.3 Å². The van der Waals surface area contributed by atoms with Gasteiger partial charge in [0.15, 0.2) is 11.2 Å². The van der Waals surface area contributed by atoms with Crippen molar-refractivity contribution in [2.24, 2.45) is 7.05 Å². The van der Waals surface area contributed by atoms with Gasteiger partial charge in [0, 0.05) is 10.8 Å². The van der Waals surface area contributed by atoms with E-state index < -0.39 is 8.07 Å². The Bertz CT molecular complexity index is 1110. The van der Waals surface area contributed by atoms with Crippen molar-refractivity contribution in [1.29, 1.82) is 0 Å². The SMILES string of the molecule is Cc1ccc2ccccc2c1-c1c2scc([Si](C)(C)C)c2nc[n+]1C. The van der Waals surface area contributed by atoms with E-state index >= 15 is 0 Å². The van der Waals surface area contributed by atoms with E-state index in [0.29, 0.717) is 0 Å². The molecule has 2 aromatic carbocycles. The first-order chi connectivity index (χ1) is 11.9. The predicted molar refractivity (Wildman–Crippen MR) is 111 cm³/mol. The fourth-order valence-electron chi connectivity index (χ4n) is 3.53. The summed E-state index contributed by atoms with van der Waals surface area (Å²) in [4.78, 5) is 4.81. The maximum Gasteiger partial charge on any atom is 0.287 e. The molecule has 2 heterocycles. The molecule has 0 aliphatic rings. The molecule has 4 aromatic rings. The van der Waals surface area contributed by atoms with Crippen LogP contribution in [0.4, 0.5) is 0 Å². The number of hydrogen-bond acceptors (Lipinski definition) is 2. The van der Waals surface area contributed by atoms with E-state index in [1.807, 2.05) is 17.7 Å². The smallest absolute Gasteiger partial charge is 0.231 e. The molecule has 0 spiro atoms. The van der Waals surface area contributed by atoms with Crippen molar-refractivity contribution in [2.45, 2.75) is 26.6 Å². The third-order valence-electron chi connectivity index (χ3n) is 4.87. The van der Waals surface area contributed by atoms with E-state index in [-0.39, 0.29) is 0 Å². The van der Waals surface area contributed by atoms with Crippen LogP contribution in [0.15, 0.2) is 48.1 Å². The van der Waals surface area contributed by atoms with Crippen molar-refractivity contribution < 1.29 is 4.57 Å². The lowest BCUT2D eigenvalue weighted by molar-refractivity contribution is -0.662. The molecule has 0 N–H and O–H groups in total. The second-order valence-electron chi connectivity index (χ2n) is 7.76. The topological polar surface area (TPSA) is 16.8 Å². The third-order valence-corrected chi connectivity index (χ3v) is 8.06. The van der Waals surface area contributed by atoms with Gasteiger partial charge in [0.2, 0.25) is 0 Å². The predicted octanol–water partition coefficient (Wildman–Crippen LogP) is 4.79. The lowest BCUT2D eigenvalue weighted by Crippen LogP contribution is -2.38. The highest BCUT2D eigenvalue weighted by Gasteiger charge is 2.28. The summed E-state index contributed by atoms with van der Waals surface area (Å²) in [6, 6.07) is 13.1. The van der Waals surface area contributed by atoms with Crippen LogP contribution in [0, 0.1) is 6.92 Å². The van der Waals surface area contributed by atoms with Gasteiger partial charge < -0.3 is 0 Å². The van der Waals surface area contributed by atoms with Crippen molar-refractivity contribution in [1.82, 2.24) is 4.98 Å². The summed E-state index contributed by atoms with van der Waals surface area (Å²) >= 11 is 1.85. The van der Waals surface area contributed by atoms with Gasteiger partial charge in [-0.2, -0.15) is 0 Å². The molecular weight excluding hydrogens is 340 g/mol. The van der Waals surface area contributed by atoms with Gasteiger partial charge in [0.25, 0.3) is 6.33 Å². The van der Waals surface area contributed by atoms with Crippen LogP contribution < -0.4 is 9.75 Å². The number of benzene rings is 2. The Labute approximate surface area is 153 Å². The third kappa shape index (κ3) is 2.60. The molecule has 0 saturated carbocycles. The fraction of sp³-hybridized carbons (Fsp3) is 0.238. The number of nitrogens with zero attached hydrogens (tertiary/aromatic N) is 2. The van der Waals surface area contributed by atoms with Gasteiger partial charge in [0.05, 0.1) is 15.1 Å². The molecule has 0 aliphatic heterocycles. The van der Waals surface area contributed by atoms with Crippen molar-refractivity contribution in [2.75, 3.05) is 0 Å². The van der Waals surface area contributed by atoms with Crippen molar-refractivity contribution >= 4 is 45.6 Å². The monoisotopic (exact) mass is 363 g/mol. The van der Waals surface area contributed by atoms with Gasteiger partial charge in [-0.3, -0.25) is 0 Å². The summed E-state index contributed by atoms with van der Waals surface area (Å²) in [6.07, 6.45) is 1.98. The minimum Gasteiger partial charge on any atom is -0.231 e. The molecule has 2 aromatic heterocycles. The molecule has 0 saturated heterocycles. The van der Waals surface area contributed by atoms with Crippen LogP contribution in [-0.2, 0) is 7.05 Å². The zero-order valence-electron chi connectivity index (χ0n) is 15.4. The summed E-state index contributed by atoms with van der Waals surface area (Å²) in [7, 11) is 0.693. The van der Waals surface area contributed by atoms with Gasteiger partial charge >= 0.3 is 0 Å². The molecule has 0 unspecified atom stereocenters. The minimum absolute atomic E-state index is 1.20. The summed E-state index contributed by atoms with van der Waals surface area (Å²) in [5.74, 6) is 0. The average Bonchev–Trinajstić information content (AvgIpc) is 3.00. The Morgan fingerprint density at radius 3 is 2.56 bits per heavy atom. The first-order valence-corrected chi connectivity index (χ1v) is 13.0. The normalized spacial score (nSPS) is 12.2. The van der Waals surface area contributed by atoms with Gasteiger partial charge in [-0.05, 0) is 33.6 Å². The van der Waals surface area contributed by atoms with Crippen LogP contribution in [0.1, 0.15) is 5.56 Å². The molecule has 0 atom stereocenters. The molecule has 4 rings (SSSR count). The zero-order chi connectivity index (χ0) is 17.8. The quantitative estimate of drug-likeness (QED) is 0.369. The highest BCUT2D eigenvalue weighted by atomic mass is 32.1. The van der Waals surface area contributed by atoms with Gasteiger partial charge in [0.1, 0.15) is 4.70 Å². The number of aryl methyl sites for hydroxylation is 2. The Hall–Kier alpha value is -2.04. The zero-order valence-corrected chi connectivity index (χ0v) is 17.2. The van der Waals surface area contributed by atoms with E-state index in [0.717, 1.165) is 0 Å². The summed E-state index contributed by atoms with van der Waals surface area (Å²) in [5.41, 5.74) is 5.13. The Morgan fingerprint density at radius 2 is 1.80 bits per heavy atom. The molecule has 25 heavy (non-hydrogen) atoms. The summed E-state index contributed by atoms with van der Waals surface area (Å²) in [5, 5.41) is 6.41. The van der Waals surface area contributed by atoms with Crippen molar-refractivity contribution in [3.8, 4) is 11.3 Å². The van der Waals surface area contributed by atoms with Gasteiger partial charge in [-0.25, -0.2) is 4.57 Å². The number of fused-ring (bicyclic) bond motifs is 2. The Balaban J connectivity index is 2.14. The lowest BCUT2D eigenvalue weighted by Gasteiger charge is -2.13. The van der Waals surface area contributed by atoms with Crippen LogP contribution >= 0.6 is 11.3 Å². The van der Waals surface area contributed by atoms with E-state index in [2.05, 4.69) is 80.0 Å².